The van der Waals surface area contributed by atoms with Gasteiger partial charge in [0.15, 0.2) is 0 Å². The van der Waals surface area contributed by atoms with Crippen molar-refractivity contribution in [1.82, 2.24) is 0 Å². The van der Waals surface area contributed by atoms with Crippen molar-refractivity contribution in [1.29, 1.82) is 0 Å². The zero-order valence-corrected chi connectivity index (χ0v) is 9.67. The highest BCUT2D eigenvalue weighted by molar-refractivity contribution is 5.46. The predicted octanol–water partition coefficient (Wildman–Crippen LogP) is 2.76. The fourth-order valence-corrected chi connectivity index (χ4v) is 2.03. The third-order valence-electron chi connectivity index (χ3n) is 3.20. The van der Waals surface area contributed by atoms with Gasteiger partial charge in [0.2, 0.25) is 0 Å². The van der Waals surface area contributed by atoms with Crippen LogP contribution in [0.5, 0.6) is 0 Å². The Bertz CT molecular complexity index is 363. The molecule has 0 aliphatic heterocycles. The Morgan fingerprint density at radius 2 is 2.12 bits per heavy atom. The van der Waals surface area contributed by atoms with Crippen LogP contribution >= 0.6 is 0 Å². The van der Waals surface area contributed by atoms with Gasteiger partial charge >= 0.3 is 0 Å². The molecule has 1 aromatic rings. The summed E-state index contributed by atoms with van der Waals surface area (Å²) < 4.78 is 13.5. The maximum atomic E-state index is 13.5. The van der Waals surface area contributed by atoms with E-state index in [0.29, 0.717) is 12.2 Å². The van der Waals surface area contributed by atoms with Crippen molar-refractivity contribution in [2.75, 3.05) is 11.9 Å². The number of hydrogen-bond donors (Lipinski definition) is 2. The summed E-state index contributed by atoms with van der Waals surface area (Å²) in [4.78, 5) is 0. The molecule has 1 saturated carbocycles. The van der Waals surface area contributed by atoms with E-state index in [4.69, 9.17) is 5.73 Å². The Labute approximate surface area is 96.0 Å². The summed E-state index contributed by atoms with van der Waals surface area (Å²) in [6.45, 7) is 2.59. The molecule has 0 aromatic heterocycles. The van der Waals surface area contributed by atoms with E-state index in [-0.39, 0.29) is 11.4 Å². The van der Waals surface area contributed by atoms with Gasteiger partial charge in [-0.25, -0.2) is 4.39 Å². The second kappa shape index (κ2) is 4.42. The molecule has 2 nitrogen and oxygen atoms in total. The number of benzene rings is 1. The highest BCUT2D eigenvalue weighted by Crippen LogP contribution is 2.37. The quantitative estimate of drug-likeness (QED) is 0.804. The average Bonchev–Trinajstić information content (AvgIpc) is 3.05. The summed E-state index contributed by atoms with van der Waals surface area (Å²) in [5.74, 6) is 0.561. The Balaban J connectivity index is 2.07. The fraction of sp³-hybridized carbons (Fsp3) is 0.538. The van der Waals surface area contributed by atoms with Crippen molar-refractivity contribution in [2.24, 2.45) is 11.7 Å². The first kappa shape index (κ1) is 11.4. The second-order valence-corrected chi connectivity index (χ2v) is 5.02. The topological polar surface area (TPSA) is 38.0 Å². The highest BCUT2D eigenvalue weighted by Gasteiger charge is 2.32. The number of rotatable bonds is 5. The predicted molar refractivity (Wildman–Crippen MR) is 64.8 cm³/mol. The van der Waals surface area contributed by atoms with Gasteiger partial charge in [-0.15, -0.1) is 0 Å². The minimum absolute atomic E-state index is 0.191. The van der Waals surface area contributed by atoms with E-state index < -0.39 is 0 Å². The lowest BCUT2D eigenvalue weighted by atomic mass is 9.94. The monoisotopic (exact) mass is 222 g/mol. The maximum Gasteiger partial charge on any atom is 0.146 e. The molecule has 88 valence electrons. The summed E-state index contributed by atoms with van der Waals surface area (Å²) in [6.07, 6.45) is 3.60. The zero-order valence-electron chi connectivity index (χ0n) is 9.67. The summed E-state index contributed by atoms with van der Waals surface area (Å²) in [6, 6.07) is 6.76. The molecule has 0 amide bonds. The standard InChI is InChI=1S/C13H19FN2/c1-13(9-15,8-10-6-7-10)16-12-5-3-2-4-11(12)14/h2-5,10,16H,6-9,15H2,1H3. The third kappa shape index (κ3) is 2.73. The van der Waals surface area contributed by atoms with Crippen LogP contribution in [0, 0.1) is 11.7 Å². The molecule has 0 heterocycles. The van der Waals surface area contributed by atoms with Crippen molar-refractivity contribution in [3.63, 3.8) is 0 Å². The maximum absolute atomic E-state index is 13.5. The molecule has 1 atom stereocenters. The first-order valence-electron chi connectivity index (χ1n) is 5.86. The lowest BCUT2D eigenvalue weighted by Crippen LogP contribution is -2.43. The molecule has 0 radical (unpaired) electrons. The van der Waals surface area contributed by atoms with E-state index in [1.54, 1.807) is 12.1 Å². The van der Waals surface area contributed by atoms with E-state index in [0.717, 1.165) is 12.3 Å². The summed E-state index contributed by atoms with van der Waals surface area (Å²) in [5, 5.41) is 3.24. The van der Waals surface area contributed by atoms with Gasteiger partial charge < -0.3 is 11.1 Å². The molecule has 16 heavy (non-hydrogen) atoms. The number of hydrogen-bond acceptors (Lipinski definition) is 2. The van der Waals surface area contributed by atoms with Gasteiger partial charge in [0.25, 0.3) is 0 Å². The zero-order chi connectivity index (χ0) is 11.6. The first-order chi connectivity index (χ1) is 7.63. The van der Waals surface area contributed by atoms with Crippen LogP contribution in [0.1, 0.15) is 26.2 Å². The lowest BCUT2D eigenvalue weighted by molar-refractivity contribution is 0.450. The van der Waals surface area contributed by atoms with E-state index in [1.807, 2.05) is 6.07 Å². The van der Waals surface area contributed by atoms with Gasteiger partial charge in [0.1, 0.15) is 5.82 Å². The van der Waals surface area contributed by atoms with E-state index in [2.05, 4.69) is 12.2 Å². The molecule has 3 heteroatoms. The van der Waals surface area contributed by atoms with Gasteiger partial charge in [-0.1, -0.05) is 25.0 Å². The summed E-state index contributed by atoms with van der Waals surface area (Å²) in [7, 11) is 0. The van der Waals surface area contributed by atoms with Crippen LogP contribution in [0.4, 0.5) is 10.1 Å². The Hall–Kier alpha value is -1.09. The molecular formula is C13H19FN2. The average molecular weight is 222 g/mol. The summed E-state index contributed by atoms with van der Waals surface area (Å²) >= 11 is 0. The number of para-hydroxylation sites is 1. The number of nitrogens with one attached hydrogen (secondary N) is 1. The number of anilines is 1. The lowest BCUT2D eigenvalue weighted by Gasteiger charge is -2.31. The highest BCUT2D eigenvalue weighted by atomic mass is 19.1. The van der Waals surface area contributed by atoms with Crippen LogP contribution in [0.3, 0.4) is 0 Å². The smallest absolute Gasteiger partial charge is 0.146 e. The van der Waals surface area contributed by atoms with Crippen molar-refractivity contribution in [3.8, 4) is 0 Å². The van der Waals surface area contributed by atoms with Gasteiger partial charge in [0.05, 0.1) is 5.69 Å². The minimum Gasteiger partial charge on any atom is -0.376 e. The van der Waals surface area contributed by atoms with Gasteiger partial charge in [-0.2, -0.15) is 0 Å². The van der Waals surface area contributed by atoms with Crippen molar-refractivity contribution in [3.05, 3.63) is 30.1 Å². The van der Waals surface area contributed by atoms with E-state index in [1.165, 1.54) is 18.9 Å². The molecule has 1 unspecified atom stereocenters. The first-order valence-corrected chi connectivity index (χ1v) is 5.86. The van der Waals surface area contributed by atoms with Gasteiger partial charge in [0, 0.05) is 12.1 Å². The summed E-state index contributed by atoms with van der Waals surface area (Å²) in [5.41, 5.74) is 6.16. The van der Waals surface area contributed by atoms with Crippen molar-refractivity contribution in [2.45, 2.75) is 31.7 Å². The largest absolute Gasteiger partial charge is 0.376 e. The molecule has 0 saturated heterocycles. The van der Waals surface area contributed by atoms with Crippen LogP contribution < -0.4 is 11.1 Å². The van der Waals surface area contributed by atoms with E-state index in [9.17, 15) is 4.39 Å². The Kier molecular flexibility index (Phi) is 3.15. The van der Waals surface area contributed by atoms with Gasteiger partial charge in [-0.05, 0) is 31.4 Å². The molecule has 0 bridgehead atoms. The molecule has 1 fully saturated rings. The number of nitrogens with two attached hydrogens (primary N) is 1. The SMILES string of the molecule is CC(CN)(CC1CC1)Nc1ccccc1F. The number of halogens is 1. The molecule has 1 aromatic carbocycles. The van der Waals surface area contributed by atoms with Crippen molar-refractivity contribution >= 4 is 5.69 Å². The van der Waals surface area contributed by atoms with Crippen LogP contribution in [0.2, 0.25) is 0 Å². The van der Waals surface area contributed by atoms with Gasteiger partial charge in [-0.3, -0.25) is 0 Å². The molecule has 1 aliphatic carbocycles. The van der Waals surface area contributed by atoms with Crippen LogP contribution in [-0.2, 0) is 0 Å². The Morgan fingerprint density at radius 3 is 2.69 bits per heavy atom. The molecule has 2 rings (SSSR count). The second-order valence-electron chi connectivity index (χ2n) is 5.02. The normalized spacial score (nSPS) is 19.2. The van der Waals surface area contributed by atoms with Crippen LogP contribution in [0.15, 0.2) is 24.3 Å². The Morgan fingerprint density at radius 1 is 1.44 bits per heavy atom. The van der Waals surface area contributed by atoms with Crippen molar-refractivity contribution < 1.29 is 4.39 Å². The molecule has 0 spiro atoms. The molecule has 3 N–H and O–H groups in total. The molecule has 1 aliphatic rings. The van der Waals surface area contributed by atoms with Crippen LogP contribution in [-0.4, -0.2) is 12.1 Å². The third-order valence-corrected chi connectivity index (χ3v) is 3.20. The minimum atomic E-state index is -0.210. The van der Waals surface area contributed by atoms with Crippen LogP contribution in [0.25, 0.3) is 0 Å². The fourth-order valence-electron chi connectivity index (χ4n) is 2.03. The van der Waals surface area contributed by atoms with E-state index >= 15 is 0 Å². The molecular weight excluding hydrogens is 203 g/mol.